The van der Waals surface area contributed by atoms with Crippen molar-refractivity contribution in [2.45, 2.75) is 0 Å². The number of anilines is 2. The second-order valence-corrected chi connectivity index (χ2v) is 5.44. The first-order chi connectivity index (χ1) is 13.2. The van der Waals surface area contributed by atoms with E-state index in [1.54, 1.807) is 60.7 Å². The molecule has 0 fully saturated rings. The van der Waals surface area contributed by atoms with Gasteiger partial charge in [-0.25, -0.2) is 0 Å². The molecule has 134 valence electrons. The monoisotopic (exact) mass is 361 g/mol. The molecular formula is C20H15N3O4. The number of nitrogens with zero attached hydrogens (tertiary/aromatic N) is 1. The summed E-state index contributed by atoms with van der Waals surface area (Å²) >= 11 is 0. The van der Waals surface area contributed by atoms with E-state index in [4.69, 9.17) is 14.4 Å². The van der Waals surface area contributed by atoms with E-state index in [1.165, 1.54) is 6.26 Å². The van der Waals surface area contributed by atoms with Gasteiger partial charge in [-0.05, 0) is 54.6 Å². The van der Waals surface area contributed by atoms with E-state index in [-0.39, 0.29) is 18.3 Å². The van der Waals surface area contributed by atoms with Gasteiger partial charge in [-0.15, -0.1) is 0 Å². The average molecular weight is 361 g/mol. The summed E-state index contributed by atoms with van der Waals surface area (Å²) in [4.78, 5) is 24.4. The molecule has 0 unspecified atom stereocenters. The van der Waals surface area contributed by atoms with Crippen LogP contribution in [0, 0.1) is 11.3 Å². The first kappa shape index (κ1) is 17.8. The Hall–Kier alpha value is -4.05. The van der Waals surface area contributed by atoms with Crippen LogP contribution < -0.4 is 15.4 Å². The molecule has 0 radical (unpaired) electrons. The van der Waals surface area contributed by atoms with Gasteiger partial charge in [-0.3, -0.25) is 9.59 Å². The van der Waals surface area contributed by atoms with E-state index in [9.17, 15) is 9.59 Å². The van der Waals surface area contributed by atoms with Crippen molar-refractivity contribution in [1.29, 1.82) is 5.26 Å². The van der Waals surface area contributed by atoms with Crippen molar-refractivity contribution in [3.05, 3.63) is 78.3 Å². The van der Waals surface area contributed by atoms with Crippen molar-refractivity contribution in [1.82, 2.24) is 0 Å². The maximum atomic E-state index is 12.4. The molecular weight excluding hydrogens is 346 g/mol. The molecule has 0 bridgehead atoms. The number of hydrogen-bond acceptors (Lipinski definition) is 5. The second-order valence-electron chi connectivity index (χ2n) is 5.44. The van der Waals surface area contributed by atoms with Crippen molar-refractivity contribution in [3.8, 4) is 11.8 Å². The molecule has 0 aliphatic heterocycles. The number of benzene rings is 2. The quantitative estimate of drug-likeness (QED) is 0.697. The lowest BCUT2D eigenvalue weighted by atomic mass is 10.1. The van der Waals surface area contributed by atoms with E-state index in [0.717, 1.165) is 0 Å². The number of amides is 2. The van der Waals surface area contributed by atoms with Gasteiger partial charge >= 0.3 is 0 Å². The molecule has 0 saturated carbocycles. The van der Waals surface area contributed by atoms with Crippen LogP contribution >= 0.6 is 0 Å². The van der Waals surface area contributed by atoms with Gasteiger partial charge < -0.3 is 19.8 Å². The fourth-order valence-electron chi connectivity index (χ4n) is 2.29. The molecule has 0 aliphatic rings. The third-order valence-corrected chi connectivity index (χ3v) is 3.54. The Labute approximate surface area is 155 Å². The summed E-state index contributed by atoms with van der Waals surface area (Å²) < 4.78 is 10.2. The van der Waals surface area contributed by atoms with Crippen LogP contribution in [0.1, 0.15) is 20.9 Å². The minimum atomic E-state index is -0.398. The maximum Gasteiger partial charge on any atom is 0.291 e. The van der Waals surface area contributed by atoms with Crippen LogP contribution in [0.2, 0.25) is 0 Å². The predicted molar refractivity (Wildman–Crippen MR) is 98.6 cm³/mol. The zero-order chi connectivity index (χ0) is 19.1. The number of carbonyl (C=O) groups excluding carboxylic acids is 2. The summed E-state index contributed by atoms with van der Waals surface area (Å²) in [5.74, 6) is 0.000975. The van der Waals surface area contributed by atoms with Crippen molar-refractivity contribution in [2.24, 2.45) is 0 Å². The molecule has 2 N–H and O–H groups in total. The highest BCUT2D eigenvalue weighted by molar-refractivity contribution is 6.06. The lowest BCUT2D eigenvalue weighted by Crippen LogP contribution is -2.14. The highest BCUT2D eigenvalue weighted by Crippen LogP contribution is 2.18. The zero-order valence-electron chi connectivity index (χ0n) is 14.1. The number of furan rings is 1. The summed E-state index contributed by atoms with van der Waals surface area (Å²) in [5.41, 5.74) is 1.44. The SMILES string of the molecule is N#CCOc1ccc(NC(=O)c2cccc(NC(=O)c3ccco3)c2)cc1. The normalized spacial score (nSPS) is 9.89. The average Bonchev–Trinajstić information content (AvgIpc) is 3.23. The maximum absolute atomic E-state index is 12.4. The Bertz CT molecular complexity index is 973. The van der Waals surface area contributed by atoms with Crippen molar-refractivity contribution < 1.29 is 18.7 Å². The molecule has 2 amide bonds. The Balaban J connectivity index is 1.65. The van der Waals surface area contributed by atoms with E-state index in [2.05, 4.69) is 10.6 Å². The Kier molecular flexibility index (Phi) is 5.50. The smallest absolute Gasteiger partial charge is 0.291 e. The number of rotatable bonds is 6. The molecule has 7 nitrogen and oxygen atoms in total. The van der Waals surface area contributed by atoms with Gasteiger partial charge in [0.1, 0.15) is 11.8 Å². The van der Waals surface area contributed by atoms with Gasteiger partial charge in [0.25, 0.3) is 11.8 Å². The largest absolute Gasteiger partial charge is 0.479 e. The van der Waals surface area contributed by atoms with E-state index < -0.39 is 5.91 Å². The molecule has 7 heteroatoms. The lowest BCUT2D eigenvalue weighted by Gasteiger charge is -2.08. The summed E-state index contributed by atoms with van der Waals surface area (Å²) in [6.07, 6.45) is 1.41. The minimum Gasteiger partial charge on any atom is -0.479 e. The number of hydrogen-bond donors (Lipinski definition) is 2. The fraction of sp³-hybridized carbons (Fsp3) is 0.0500. The van der Waals surface area contributed by atoms with E-state index in [0.29, 0.717) is 22.7 Å². The van der Waals surface area contributed by atoms with Crippen LogP contribution in [-0.4, -0.2) is 18.4 Å². The molecule has 0 spiro atoms. The van der Waals surface area contributed by atoms with Crippen LogP contribution in [0.15, 0.2) is 71.3 Å². The van der Waals surface area contributed by atoms with E-state index in [1.807, 2.05) is 6.07 Å². The van der Waals surface area contributed by atoms with E-state index >= 15 is 0 Å². The van der Waals surface area contributed by atoms with Crippen LogP contribution in [0.3, 0.4) is 0 Å². The lowest BCUT2D eigenvalue weighted by molar-refractivity contribution is 0.0993. The Morgan fingerprint density at radius 3 is 2.44 bits per heavy atom. The summed E-state index contributed by atoms with van der Waals surface area (Å²) in [5, 5.41) is 13.9. The zero-order valence-corrected chi connectivity index (χ0v) is 14.1. The second kappa shape index (κ2) is 8.36. The summed E-state index contributed by atoms with van der Waals surface area (Å²) in [7, 11) is 0. The molecule has 27 heavy (non-hydrogen) atoms. The summed E-state index contributed by atoms with van der Waals surface area (Å²) in [6, 6.07) is 18.3. The number of carbonyl (C=O) groups is 2. The highest BCUT2D eigenvalue weighted by atomic mass is 16.5. The van der Waals surface area contributed by atoms with Gasteiger partial charge in [-0.2, -0.15) is 5.26 Å². The van der Waals surface area contributed by atoms with Crippen LogP contribution in [-0.2, 0) is 0 Å². The van der Waals surface area contributed by atoms with Gasteiger partial charge in [0, 0.05) is 16.9 Å². The predicted octanol–water partition coefficient (Wildman–Crippen LogP) is 3.69. The standard InChI is InChI=1S/C20H15N3O4/c21-10-12-26-17-8-6-15(7-9-17)22-19(24)14-3-1-4-16(13-14)23-20(25)18-5-2-11-27-18/h1-9,11,13H,12H2,(H,22,24)(H,23,25). The summed E-state index contributed by atoms with van der Waals surface area (Å²) in [6.45, 7) is -0.0395. The number of nitriles is 1. The van der Waals surface area contributed by atoms with Crippen LogP contribution in [0.25, 0.3) is 0 Å². The molecule has 0 saturated heterocycles. The topological polar surface area (TPSA) is 104 Å². The van der Waals surface area contributed by atoms with Gasteiger partial charge in [0.15, 0.2) is 12.4 Å². The van der Waals surface area contributed by atoms with Crippen molar-refractivity contribution in [3.63, 3.8) is 0 Å². The van der Waals surface area contributed by atoms with Crippen molar-refractivity contribution >= 4 is 23.2 Å². The third kappa shape index (κ3) is 4.74. The van der Waals surface area contributed by atoms with Crippen LogP contribution in [0.4, 0.5) is 11.4 Å². The highest BCUT2D eigenvalue weighted by Gasteiger charge is 2.11. The molecule has 3 rings (SSSR count). The first-order valence-electron chi connectivity index (χ1n) is 8.02. The Morgan fingerprint density at radius 1 is 0.963 bits per heavy atom. The molecule has 3 aromatic rings. The third-order valence-electron chi connectivity index (χ3n) is 3.54. The molecule has 2 aromatic carbocycles. The number of ether oxygens (including phenoxy) is 1. The first-order valence-corrected chi connectivity index (χ1v) is 8.02. The molecule has 0 aliphatic carbocycles. The van der Waals surface area contributed by atoms with Gasteiger partial charge in [-0.1, -0.05) is 6.07 Å². The minimum absolute atomic E-state index is 0.0395. The van der Waals surface area contributed by atoms with Crippen LogP contribution in [0.5, 0.6) is 5.75 Å². The number of nitrogens with one attached hydrogen (secondary N) is 2. The molecule has 1 heterocycles. The Morgan fingerprint density at radius 2 is 1.74 bits per heavy atom. The molecule has 1 aromatic heterocycles. The van der Waals surface area contributed by atoms with Crippen molar-refractivity contribution in [2.75, 3.05) is 17.2 Å². The fourth-order valence-corrected chi connectivity index (χ4v) is 2.29. The van der Waals surface area contributed by atoms with Gasteiger partial charge in [0.05, 0.1) is 6.26 Å². The molecule has 0 atom stereocenters. The van der Waals surface area contributed by atoms with Gasteiger partial charge in [0.2, 0.25) is 0 Å².